The molecule has 0 fully saturated rings. The summed E-state index contributed by atoms with van der Waals surface area (Å²) in [5, 5.41) is 5.00. The summed E-state index contributed by atoms with van der Waals surface area (Å²) < 4.78 is 3.52. The molecule has 1 aromatic heterocycles. The van der Waals surface area contributed by atoms with Gasteiger partial charge in [0.25, 0.3) is 0 Å². The van der Waals surface area contributed by atoms with E-state index in [9.17, 15) is 0 Å². The number of fused-ring (bicyclic) bond motifs is 7. The Labute approximate surface area is 277 Å². The van der Waals surface area contributed by atoms with Crippen molar-refractivity contribution >= 4 is 65.6 Å². The minimum Gasteiger partial charge on any atom is -0.310 e. The Kier molecular flexibility index (Phi) is 6.03. The largest absolute Gasteiger partial charge is 0.310 e. The summed E-state index contributed by atoms with van der Waals surface area (Å²) in [6.07, 6.45) is 0. The van der Waals surface area contributed by atoms with Crippen LogP contribution in [-0.4, -0.2) is 4.57 Å². The normalized spacial score (nSPS) is 13.3. The zero-order valence-electron chi connectivity index (χ0n) is 25.7. The van der Waals surface area contributed by atoms with Crippen molar-refractivity contribution in [2.24, 2.45) is 0 Å². The number of aromatic nitrogens is 1. The molecular formula is C43H31BrN2. The van der Waals surface area contributed by atoms with Gasteiger partial charge in [0.2, 0.25) is 0 Å². The highest BCUT2D eigenvalue weighted by Gasteiger charge is 2.36. The van der Waals surface area contributed by atoms with E-state index in [0.29, 0.717) is 0 Å². The van der Waals surface area contributed by atoms with Gasteiger partial charge in [-0.3, -0.25) is 0 Å². The lowest BCUT2D eigenvalue weighted by molar-refractivity contribution is 0.661. The molecule has 9 rings (SSSR count). The van der Waals surface area contributed by atoms with Crippen molar-refractivity contribution in [2.75, 3.05) is 4.90 Å². The minimum absolute atomic E-state index is 0.0497. The second kappa shape index (κ2) is 10.2. The number of hydrogen-bond acceptors (Lipinski definition) is 1. The van der Waals surface area contributed by atoms with Gasteiger partial charge in [-0.05, 0) is 112 Å². The predicted molar refractivity (Wildman–Crippen MR) is 198 cm³/mol. The van der Waals surface area contributed by atoms with Crippen molar-refractivity contribution in [3.8, 4) is 16.8 Å². The van der Waals surface area contributed by atoms with Crippen LogP contribution in [0.15, 0.2) is 156 Å². The number of halogens is 1. The summed E-state index contributed by atoms with van der Waals surface area (Å²) in [7, 11) is 0. The van der Waals surface area contributed by atoms with Crippen LogP contribution in [0, 0.1) is 0 Å². The first-order valence-corrected chi connectivity index (χ1v) is 16.6. The van der Waals surface area contributed by atoms with Gasteiger partial charge in [0.15, 0.2) is 0 Å². The highest BCUT2D eigenvalue weighted by molar-refractivity contribution is 9.10. The van der Waals surface area contributed by atoms with Crippen LogP contribution in [-0.2, 0) is 5.41 Å². The lowest BCUT2D eigenvalue weighted by atomic mass is 9.82. The molecule has 0 aliphatic heterocycles. The van der Waals surface area contributed by atoms with Gasteiger partial charge in [0.05, 0.1) is 11.0 Å². The maximum Gasteiger partial charge on any atom is 0.0547 e. The van der Waals surface area contributed by atoms with Crippen molar-refractivity contribution in [1.29, 1.82) is 0 Å². The van der Waals surface area contributed by atoms with Gasteiger partial charge < -0.3 is 9.47 Å². The van der Waals surface area contributed by atoms with Crippen molar-refractivity contribution < 1.29 is 0 Å². The zero-order valence-corrected chi connectivity index (χ0v) is 27.3. The number of nitrogens with zero attached hydrogens (tertiary/aromatic N) is 2. The number of hydrogen-bond donors (Lipinski definition) is 0. The van der Waals surface area contributed by atoms with Crippen LogP contribution in [0.4, 0.5) is 17.1 Å². The topological polar surface area (TPSA) is 8.17 Å². The van der Waals surface area contributed by atoms with Gasteiger partial charge in [-0.25, -0.2) is 0 Å². The van der Waals surface area contributed by atoms with Crippen LogP contribution >= 0.6 is 15.9 Å². The third kappa shape index (κ3) is 4.08. The summed E-state index contributed by atoms with van der Waals surface area (Å²) in [5.74, 6) is 0. The van der Waals surface area contributed by atoms with Gasteiger partial charge in [0, 0.05) is 43.4 Å². The smallest absolute Gasteiger partial charge is 0.0547 e. The first-order valence-electron chi connectivity index (χ1n) is 15.8. The fourth-order valence-electron chi connectivity index (χ4n) is 7.55. The van der Waals surface area contributed by atoms with Crippen molar-refractivity contribution in [1.82, 2.24) is 4.57 Å². The molecule has 0 radical (unpaired) electrons. The molecule has 1 aliphatic carbocycles. The maximum absolute atomic E-state index is 3.76. The Bertz CT molecular complexity index is 2450. The molecule has 0 bridgehead atoms. The molecule has 0 saturated heterocycles. The van der Waals surface area contributed by atoms with Crippen LogP contribution in [0.1, 0.15) is 25.0 Å². The lowest BCUT2D eigenvalue weighted by Gasteiger charge is -2.26. The molecule has 3 heteroatoms. The summed E-state index contributed by atoms with van der Waals surface area (Å²) >= 11 is 3.76. The quantitative estimate of drug-likeness (QED) is 0.183. The van der Waals surface area contributed by atoms with Crippen LogP contribution in [0.3, 0.4) is 0 Å². The van der Waals surface area contributed by atoms with E-state index in [1.165, 1.54) is 54.8 Å². The average molecular weight is 656 g/mol. The number of benzene rings is 7. The molecule has 8 aromatic rings. The van der Waals surface area contributed by atoms with E-state index >= 15 is 0 Å². The van der Waals surface area contributed by atoms with Crippen molar-refractivity contribution in [2.45, 2.75) is 19.3 Å². The van der Waals surface area contributed by atoms with E-state index in [1.54, 1.807) is 0 Å². The number of para-hydroxylation sites is 1. The Morgan fingerprint density at radius 2 is 1.17 bits per heavy atom. The summed E-state index contributed by atoms with van der Waals surface area (Å²) in [6.45, 7) is 4.71. The standard InChI is InChI=1S/C43H31BrN2/c1-43(2)39-15-9-8-14-35(39)36-27-42-38(26-40(36)43)37-25-30(44)17-23-41(37)46(42)33-21-19-32(20-22-33)45(31-12-4-3-5-13-31)34-18-16-28-10-6-7-11-29(28)24-34/h3-27H,1-2H3. The molecule has 1 heterocycles. The first kappa shape index (κ1) is 27.2. The molecule has 220 valence electrons. The van der Waals surface area contributed by atoms with Gasteiger partial charge >= 0.3 is 0 Å². The third-order valence-electron chi connectivity index (χ3n) is 9.80. The monoisotopic (exact) mass is 654 g/mol. The average Bonchev–Trinajstić information content (AvgIpc) is 3.52. The Balaban J connectivity index is 1.23. The molecule has 1 aliphatic rings. The molecule has 0 saturated carbocycles. The first-order chi connectivity index (χ1) is 22.5. The van der Waals surface area contributed by atoms with E-state index in [0.717, 1.165) is 27.2 Å². The molecule has 46 heavy (non-hydrogen) atoms. The third-order valence-corrected chi connectivity index (χ3v) is 10.3. The van der Waals surface area contributed by atoms with Crippen molar-refractivity contribution in [3.63, 3.8) is 0 Å². The van der Waals surface area contributed by atoms with Gasteiger partial charge in [-0.1, -0.05) is 103 Å². The molecular weight excluding hydrogens is 624 g/mol. The van der Waals surface area contributed by atoms with Crippen LogP contribution in [0.2, 0.25) is 0 Å². The van der Waals surface area contributed by atoms with E-state index < -0.39 is 0 Å². The lowest BCUT2D eigenvalue weighted by Crippen LogP contribution is -2.14. The van der Waals surface area contributed by atoms with E-state index in [1.807, 2.05) is 0 Å². The fourth-order valence-corrected chi connectivity index (χ4v) is 7.92. The molecule has 0 amide bonds. The van der Waals surface area contributed by atoms with E-state index in [2.05, 4.69) is 191 Å². The highest BCUT2D eigenvalue weighted by atomic mass is 79.9. The molecule has 0 unspecified atom stereocenters. The Hall–Kier alpha value is -5.12. The minimum atomic E-state index is -0.0497. The SMILES string of the molecule is CC1(C)c2ccccc2-c2cc3c(cc21)c1cc(Br)ccc1n3-c1ccc(N(c2ccccc2)c2ccc3ccccc3c2)cc1. The fraction of sp³-hybridized carbons (Fsp3) is 0.0698. The Morgan fingerprint density at radius 3 is 2.00 bits per heavy atom. The van der Waals surface area contributed by atoms with Gasteiger partial charge in [0.1, 0.15) is 0 Å². The summed E-state index contributed by atoms with van der Waals surface area (Å²) in [6, 6.07) is 55.3. The molecule has 0 spiro atoms. The molecule has 0 atom stereocenters. The summed E-state index contributed by atoms with van der Waals surface area (Å²) in [5.41, 5.74) is 12.4. The van der Waals surface area contributed by atoms with E-state index in [4.69, 9.17) is 0 Å². The van der Waals surface area contributed by atoms with Gasteiger partial charge in [-0.15, -0.1) is 0 Å². The molecule has 2 nitrogen and oxygen atoms in total. The Morgan fingerprint density at radius 1 is 0.500 bits per heavy atom. The second-order valence-electron chi connectivity index (χ2n) is 12.8. The van der Waals surface area contributed by atoms with E-state index in [-0.39, 0.29) is 5.41 Å². The predicted octanol–water partition coefficient (Wildman–Crippen LogP) is 12.5. The molecule has 7 aromatic carbocycles. The second-order valence-corrected chi connectivity index (χ2v) is 13.7. The number of anilines is 3. The number of rotatable bonds is 4. The highest BCUT2D eigenvalue weighted by Crippen LogP contribution is 2.51. The maximum atomic E-state index is 3.76. The van der Waals surface area contributed by atoms with Crippen LogP contribution < -0.4 is 4.90 Å². The van der Waals surface area contributed by atoms with Crippen LogP contribution in [0.5, 0.6) is 0 Å². The zero-order chi connectivity index (χ0) is 31.0. The molecule has 0 N–H and O–H groups in total. The summed E-state index contributed by atoms with van der Waals surface area (Å²) in [4.78, 5) is 2.34. The van der Waals surface area contributed by atoms with Crippen LogP contribution in [0.25, 0.3) is 49.4 Å². The van der Waals surface area contributed by atoms with Crippen molar-refractivity contribution in [3.05, 3.63) is 167 Å². The van der Waals surface area contributed by atoms with Gasteiger partial charge in [-0.2, -0.15) is 0 Å².